The smallest absolute Gasteiger partial charge is 0.408 e. The number of ether oxygens (including phenoxy) is 3. The Morgan fingerprint density at radius 2 is 1.70 bits per heavy atom. The number of aliphatic carboxylic acids is 1. The van der Waals surface area contributed by atoms with Crippen LogP contribution < -0.4 is 10.1 Å². The molecular formula is C25H31NO7. The molecule has 8 heteroatoms. The second-order valence-electron chi connectivity index (χ2n) is 8.47. The number of carbonyl (C=O) groups excluding carboxylic acids is 2. The van der Waals surface area contributed by atoms with Crippen LogP contribution in [0.15, 0.2) is 54.6 Å². The van der Waals surface area contributed by atoms with Crippen molar-refractivity contribution in [2.24, 2.45) is 0 Å². The van der Waals surface area contributed by atoms with Gasteiger partial charge >= 0.3 is 18.0 Å². The number of benzene rings is 2. The predicted molar refractivity (Wildman–Crippen MR) is 122 cm³/mol. The lowest BCUT2D eigenvalue weighted by atomic mass is 10.1. The Morgan fingerprint density at radius 1 is 1.00 bits per heavy atom. The first kappa shape index (κ1) is 25.7. The highest BCUT2D eigenvalue weighted by atomic mass is 16.6. The van der Waals surface area contributed by atoms with Crippen molar-refractivity contribution in [2.45, 2.75) is 58.3 Å². The van der Waals surface area contributed by atoms with Gasteiger partial charge in [-0.3, -0.25) is 4.79 Å². The summed E-state index contributed by atoms with van der Waals surface area (Å²) >= 11 is 0. The second kappa shape index (κ2) is 12.5. The number of amides is 1. The zero-order valence-electron chi connectivity index (χ0n) is 19.2. The molecule has 0 saturated carbocycles. The van der Waals surface area contributed by atoms with Crippen molar-refractivity contribution in [1.82, 2.24) is 5.32 Å². The highest BCUT2D eigenvalue weighted by molar-refractivity contribution is 5.81. The number of carboxylic acid groups (broad SMARTS) is 1. The van der Waals surface area contributed by atoms with Crippen LogP contribution >= 0.6 is 0 Å². The average Bonchev–Trinajstić information content (AvgIpc) is 2.75. The summed E-state index contributed by atoms with van der Waals surface area (Å²) < 4.78 is 16.4. The van der Waals surface area contributed by atoms with Gasteiger partial charge in [-0.05, 0) is 50.5 Å². The van der Waals surface area contributed by atoms with Crippen LogP contribution in [0.3, 0.4) is 0 Å². The summed E-state index contributed by atoms with van der Waals surface area (Å²) in [6.45, 7) is 5.44. The van der Waals surface area contributed by atoms with Crippen LogP contribution in [-0.4, -0.2) is 41.4 Å². The Bertz CT molecular complexity index is 922. The summed E-state index contributed by atoms with van der Waals surface area (Å²) in [6, 6.07) is 15.4. The van der Waals surface area contributed by atoms with E-state index >= 15 is 0 Å². The summed E-state index contributed by atoms with van der Waals surface area (Å²) in [5, 5.41) is 11.4. The van der Waals surface area contributed by atoms with Crippen molar-refractivity contribution in [3.63, 3.8) is 0 Å². The van der Waals surface area contributed by atoms with E-state index in [9.17, 15) is 14.4 Å². The summed E-state index contributed by atoms with van der Waals surface area (Å²) in [5.74, 6) is -0.905. The van der Waals surface area contributed by atoms with Crippen LogP contribution in [0.25, 0.3) is 0 Å². The Hall–Kier alpha value is -3.55. The lowest BCUT2D eigenvalue weighted by molar-refractivity contribution is -0.157. The molecule has 0 aliphatic rings. The number of hydrogen-bond donors (Lipinski definition) is 2. The highest BCUT2D eigenvalue weighted by Gasteiger charge is 2.27. The van der Waals surface area contributed by atoms with Gasteiger partial charge in [-0.1, -0.05) is 42.5 Å². The number of hydrogen-bond acceptors (Lipinski definition) is 6. The molecule has 0 fully saturated rings. The molecule has 0 saturated heterocycles. The van der Waals surface area contributed by atoms with E-state index in [4.69, 9.17) is 19.3 Å². The molecule has 0 bridgehead atoms. The molecule has 178 valence electrons. The maximum Gasteiger partial charge on any atom is 0.408 e. The van der Waals surface area contributed by atoms with E-state index in [-0.39, 0.29) is 26.1 Å². The summed E-state index contributed by atoms with van der Waals surface area (Å²) in [4.78, 5) is 35.6. The van der Waals surface area contributed by atoms with Gasteiger partial charge in [-0.15, -0.1) is 0 Å². The number of alkyl carbamates (subject to hydrolysis) is 1. The number of carboxylic acids is 1. The third-order valence-corrected chi connectivity index (χ3v) is 4.40. The van der Waals surface area contributed by atoms with Crippen molar-refractivity contribution in [2.75, 3.05) is 6.61 Å². The quantitative estimate of drug-likeness (QED) is 0.489. The number of esters is 1. The van der Waals surface area contributed by atoms with Crippen molar-refractivity contribution in [3.8, 4) is 5.75 Å². The zero-order valence-corrected chi connectivity index (χ0v) is 19.2. The third-order valence-electron chi connectivity index (χ3n) is 4.40. The number of rotatable bonds is 11. The van der Waals surface area contributed by atoms with Gasteiger partial charge in [0.1, 0.15) is 24.0 Å². The van der Waals surface area contributed by atoms with Crippen LogP contribution in [0, 0.1) is 0 Å². The van der Waals surface area contributed by atoms with Gasteiger partial charge in [-0.2, -0.15) is 0 Å². The van der Waals surface area contributed by atoms with E-state index in [1.165, 1.54) is 0 Å². The Balaban J connectivity index is 1.93. The minimum atomic E-state index is -0.956. The Kier molecular flexibility index (Phi) is 9.72. The molecular weight excluding hydrogens is 426 g/mol. The summed E-state index contributed by atoms with van der Waals surface area (Å²) in [6.07, 6.45) is -0.152. The lowest BCUT2D eigenvalue weighted by Crippen LogP contribution is -2.45. The zero-order chi connectivity index (χ0) is 24.3. The third kappa shape index (κ3) is 10.5. The predicted octanol–water partition coefficient (Wildman–Crippen LogP) is 4.11. The minimum Gasteiger partial charge on any atom is -0.493 e. The summed E-state index contributed by atoms with van der Waals surface area (Å²) in [7, 11) is 0. The molecule has 2 N–H and O–H groups in total. The van der Waals surface area contributed by atoms with Gasteiger partial charge in [0.2, 0.25) is 0 Å². The highest BCUT2D eigenvalue weighted by Crippen LogP contribution is 2.16. The van der Waals surface area contributed by atoms with Crippen molar-refractivity contribution < 1.29 is 33.7 Å². The van der Waals surface area contributed by atoms with E-state index in [1.54, 1.807) is 39.0 Å². The molecule has 1 unspecified atom stereocenters. The van der Waals surface area contributed by atoms with Crippen LogP contribution in [0.5, 0.6) is 5.75 Å². The molecule has 2 rings (SSSR count). The molecule has 0 spiro atoms. The molecule has 0 heterocycles. The molecule has 8 nitrogen and oxygen atoms in total. The molecule has 2 aromatic rings. The fourth-order valence-electron chi connectivity index (χ4n) is 2.87. The second-order valence-corrected chi connectivity index (χ2v) is 8.47. The van der Waals surface area contributed by atoms with Crippen molar-refractivity contribution in [1.29, 1.82) is 0 Å². The van der Waals surface area contributed by atoms with E-state index in [1.807, 2.05) is 36.4 Å². The van der Waals surface area contributed by atoms with E-state index in [0.29, 0.717) is 12.2 Å². The number of nitrogens with one attached hydrogen (secondary N) is 1. The normalized spacial score (nSPS) is 11.8. The maximum absolute atomic E-state index is 12.6. The molecule has 0 aliphatic heterocycles. The first-order valence-corrected chi connectivity index (χ1v) is 10.8. The monoisotopic (exact) mass is 457 g/mol. The summed E-state index contributed by atoms with van der Waals surface area (Å²) in [5.41, 5.74) is 0.943. The molecule has 1 amide bonds. The van der Waals surface area contributed by atoms with E-state index < -0.39 is 29.7 Å². The van der Waals surface area contributed by atoms with Gasteiger partial charge in [0.25, 0.3) is 0 Å². The Labute approximate surface area is 193 Å². The molecule has 0 aliphatic carbocycles. The average molecular weight is 458 g/mol. The van der Waals surface area contributed by atoms with Crippen molar-refractivity contribution in [3.05, 3.63) is 65.7 Å². The molecule has 2 aromatic carbocycles. The fraction of sp³-hybridized carbons (Fsp3) is 0.400. The minimum absolute atomic E-state index is 0.0270. The largest absolute Gasteiger partial charge is 0.493 e. The van der Waals surface area contributed by atoms with Crippen molar-refractivity contribution >= 4 is 18.0 Å². The molecule has 33 heavy (non-hydrogen) atoms. The fourth-order valence-corrected chi connectivity index (χ4v) is 2.87. The maximum atomic E-state index is 12.6. The topological polar surface area (TPSA) is 111 Å². The molecule has 0 aromatic heterocycles. The first-order chi connectivity index (χ1) is 15.6. The van der Waals surface area contributed by atoms with Crippen LogP contribution in [0.4, 0.5) is 4.79 Å². The standard InChI is InChI=1S/C25H31NO7/c1-25(2,3)33-23(29)21(26-24(30)32-17-19-8-5-4-6-9-19)14-15-31-20-11-7-10-18(16-20)12-13-22(27)28/h4-11,16,21H,12-15,17H2,1-3H3,(H,26,30)(H,27,28). The van der Waals surface area contributed by atoms with E-state index in [2.05, 4.69) is 5.32 Å². The van der Waals surface area contributed by atoms with E-state index in [0.717, 1.165) is 11.1 Å². The SMILES string of the molecule is CC(C)(C)OC(=O)C(CCOc1cccc(CCC(=O)O)c1)NC(=O)OCc1ccccc1. The van der Waals surface area contributed by atoms with Gasteiger partial charge in [-0.25, -0.2) is 9.59 Å². The molecule has 1 atom stereocenters. The van der Waals surface area contributed by atoms with Crippen LogP contribution in [0.2, 0.25) is 0 Å². The van der Waals surface area contributed by atoms with Crippen LogP contribution in [0.1, 0.15) is 44.7 Å². The molecule has 0 radical (unpaired) electrons. The van der Waals surface area contributed by atoms with Crippen LogP contribution in [-0.2, 0) is 32.1 Å². The van der Waals surface area contributed by atoms with Gasteiger partial charge < -0.3 is 24.6 Å². The number of aryl methyl sites for hydroxylation is 1. The number of carbonyl (C=O) groups is 3. The Morgan fingerprint density at radius 3 is 2.36 bits per heavy atom. The van der Waals surface area contributed by atoms with Gasteiger partial charge in [0.15, 0.2) is 0 Å². The lowest BCUT2D eigenvalue weighted by Gasteiger charge is -2.24. The van der Waals surface area contributed by atoms with Gasteiger partial charge in [0, 0.05) is 12.8 Å². The van der Waals surface area contributed by atoms with Gasteiger partial charge in [0.05, 0.1) is 6.61 Å². The first-order valence-electron chi connectivity index (χ1n) is 10.8.